The molecule has 3 aliphatic rings. The second kappa shape index (κ2) is 9.22. The Balaban J connectivity index is 1.39. The molecule has 0 radical (unpaired) electrons. The van der Waals surface area contributed by atoms with Crippen molar-refractivity contribution < 1.29 is 14.6 Å². The van der Waals surface area contributed by atoms with Crippen LogP contribution < -0.4 is 4.74 Å². The van der Waals surface area contributed by atoms with Gasteiger partial charge in [-0.15, -0.1) is 11.3 Å². The van der Waals surface area contributed by atoms with Gasteiger partial charge in [-0.3, -0.25) is 9.69 Å². The highest BCUT2D eigenvalue weighted by Gasteiger charge is 2.49. The van der Waals surface area contributed by atoms with E-state index in [9.17, 15) is 9.90 Å². The number of hydrogen-bond donors (Lipinski definition) is 2. The number of nitrogens with zero attached hydrogens (tertiary/aromatic N) is 3. The maximum absolute atomic E-state index is 13.8. The van der Waals surface area contributed by atoms with Gasteiger partial charge in [0.15, 0.2) is 0 Å². The summed E-state index contributed by atoms with van der Waals surface area (Å²) in [7, 11) is 1.68. The Hall–Kier alpha value is -2.42. The first kappa shape index (κ1) is 23.0. The average molecular weight is 495 g/mol. The van der Waals surface area contributed by atoms with E-state index in [0.29, 0.717) is 6.54 Å². The fourth-order valence-electron chi connectivity index (χ4n) is 6.72. The Morgan fingerprint density at radius 2 is 2.09 bits per heavy atom. The first-order chi connectivity index (χ1) is 17.1. The number of aromatic nitrogens is 2. The summed E-state index contributed by atoms with van der Waals surface area (Å²) in [5, 5.41) is 14.9. The smallest absolute Gasteiger partial charge is 0.226 e. The molecule has 1 saturated heterocycles. The number of fused-ring (bicyclic) bond motifs is 4. The predicted molar refractivity (Wildman–Crippen MR) is 137 cm³/mol. The molecule has 0 unspecified atom stereocenters. The number of benzene rings is 1. The zero-order chi connectivity index (χ0) is 24.0. The van der Waals surface area contributed by atoms with Crippen molar-refractivity contribution in [3.05, 3.63) is 46.0 Å². The van der Waals surface area contributed by atoms with Gasteiger partial charge < -0.3 is 19.7 Å². The minimum Gasteiger partial charge on any atom is -0.497 e. The molecule has 1 atom stereocenters. The van der Waals surface area contributed by atoms with E-state index >= 15 is 0 Å². The fourth-order valence-corrected chi connectivity index (χ4v) is 7.37. The van der Waals surface area contributed by atoms with Gasteiger partial charge in [-0.1, -0.05) is 12.8 Å². The van der Waals surface area contributed by atoms with Gasteiger partial charge in [-0.25, -0.2) is 4.98 Å². The molecule has 4 heterocycles. The Morgan fingerprint density at radius 1 is 1.29 bits per heavy atom. The summed E-state index contributed by atoms with van der Waals surface area (Å²) in [6.45, 7) is 3.44. The number of piperidine rings is 1. The van der Waals surface area contributed by atoms with Crippen LogP contribution in [0.25, 0.3) is 10.9 Å². The maximum atomic E-state index is 13.8. The van der Waals surface area contributed by atoms with Crippen molar-refractivity contribution in [2.45, 2.75) is 56.5 Å². The number of ether oxygens (including phenoxy) is 1. The lowest BCUT2D eigenvalue weighted by molar-refractivity contribution is -0.141. The molecule has 2 N–H and O–H groups in total. The monoisotopic (exact) mass is 494 g/mol. The predicted octanol–water partition coefficient (Wildman–Crippen LogP) is 4.23. The molecule has 2 fully saturated rings. The lowest BCUT2D eigenvalue weighted by Gasteiger charge is -2.50. The third kappa shape index (κ3) is 3.96. The van der Waals surface area contributed by atoms with E-state index < -0.39 is 0 Å². The van der Waals surface area contributed by atoms with E-state index in [4.69, 9.17) is 4.74 Å². The van der Waals surface area contributed by atoms with Crippen molar-refractivity contribution >= 4 is 28.1 Å². The van der Waals surface area contributed by atoms with Gasteiger partial charge >= 0.3 is 0 Å². The molecule has 2 aromatic heterocycles. The molecule has 7 nitrogen and oxygen atoms in total. The van der Waals surface area contributed by atoms with E-state index in [1.165, 1.54) is 10.9 Å². The van der Waals surface area contributed by atoms with Crippen LogP contribution in [0.1, 0.15) is 60.8 Å². The van der Waals surface area contributed by atoms with Crippen molar-refractivity contribution in [2.75, 3.05) is 33.4 Å². The molecule has 1 aliphatic carbocycles. The van der Waals surface area contributed by atoms with Crippen LogP contribution in [-0.2, 0) is 16.8 Å². The number of nitrogens with one attached hydrogen (secondary N) is 1. The van der Waals surface area contributed by atoms with Crippen LogP contribution in [0.3, 0.4) is 0 Å². The Kier molecular flexibility index (Phi) is 6.06. The Bertz CT molecular complexity index is 1190. The quantitative estimate of drug-likeness (QED) is 0.555. The van der Waals surface area contributed by atoms with Crippen molar-refractivity contribution in [2.24, 2.45) is 5.92 Å². The van der Waals surface area contributed by atoms with E-state index in [1.54, 1.807) is 18.4 Å². The highest BCUT2D eigenvalue weighted by molar-refractivity contribution is 7.09. The number of aliphatic hydroxyl groups is 1. The normalized spacial score (nSPS) is 22.7. The number of H-pyrrole nitrogens is 1. The topological polar surface area (TPSA) is 81.7 Å². The fraction of sp³-hybridized carbons (Fsp3) is 0.556. The number of hydrogen-bond acceptors (Lipinski definition) is 6. The van der Waals surface area contributed by atoms with Crippen LogP contribution >= 0.6 is 11.3 Å². The number of carbonyl (C=O) groups is 1. The average Bonchev–Trinajstić information content (AvgIpc) is 3.66. The summed E-state index contributed by atoms with van der Waals surface area (Å²) >= 11 is 1.71. The number of rotatable bonds is 5. The maximum Gasteiger partial charge on any atom is 0.226 e. The lowest BCUT2D eigenvalue weighted by Crippen LogP contribution is -2.56. The van der Waals surface area contributed by atoms with E-state index in [0.717, 1.165) is 80.1 Å². The zero-order valence-corrected chi connectivity index (χ0v) is 21.1. The van der Waals surface area contributed by atoms with Crippen LogP contribution in [-0.4, -0.2) is 64.1 Å². The number of aromatic amines is 1. The molecule has 0 bridgehead atoms. The largest absolute Gasteiger partial charge is 0.497 e. The SMILES string of the molecule is COc1ccc2c3c([nH]c2c1)[C@H](CO)N(C(=O)C1CCCC1)CC31CCN(Cc2nccs2)CC1. The van der Waals surface area contributed by atoms with Crippen LogP contribution in [0.2, 0.25) is 0 Å². The minimum atomic E-state index is -0.324. The van der Waals surface area contributed by atoms with E-state index in [2.05, 4.69) is 20.9 Å². The summed E-state index contributed by atoms with van der Waals surface area (Å²) in [5.74, 6) is 1.13. The molecule has 1 spiro atoms. The molecule has 3 aromatic rings. The van der Waals surface area contributed by atoms with Crippen molar-refractivity contribution in [3.63, 3.8) is 0 Å². The minimum absolute atomic E-state index is 0.0678. The molecule has 1 aromatic carbocycles. The molecule has 6 rings (SSSR count). The third-order valence-corrected chi connectivity index (χ3v) is 9.33. The highest BCUT2D eigenvalue weighted by atomic mass is 32.1. The second-order valence-corrected chi connectivity index (χ2v) is 11.4. The van der Waals surface area contributed by atoms with Crippen LogP contribution in [0, 0.1) is 5.92 Å². The molecular weight excluding hydrogens is 460 g/mol. The molecular formula is C27H34N4O3S. The zero-order valence-electron chi connectivity index (χ0n) is 20.3. The number of thiazole rings is 1. The molecule has 1 saturated carbocycles. The van der Waals surface area contributed by atoms with Gasteiger partial charge in [-0.05, 0) is 56.5 Å². The highest BCUT2D eigenvalue weighted by Crippen LogP contribution is 2.50. The number of amides is 1. The van der Waals surface area contributed by atoms with Gasteiger partial charge in [0, 0.05) is 52.1 Å². The summed E-state index contributed by atoms with van der Waals surface area (Å²) in [4.78, 5) is 26.4. The van der Waals surface area contributed by atoms with Crippen molar-refractivity contribution in [1.82, 2.24) is 19.8 Å². The standard InChI is InChI=1S/C27H34N4O3S/c1-34-19-6-7-20-21(14-19)29-25-22(16-32)31(26(33)18-4-2-3-5-18)17-27(24(20)25)8-11-30(12-9-27)15-23-28-10-13-35-23/h6-7,10,13-14,18,22,29,32H,2-5,8-9,11-12,15-17H2,1H3/t22-/m0/s1. The Morgan fingerprint density at radius 3 is 2.77 bits per heavy atom. The summed E-state index contributed by atoms with van der Waals surface area (Å²) < 4.78 is 5.49. The van der Waals surface area contributed by atoms with Gasteiger partial charge in [0.05, 0.1) is 26.3 Å². The third-order valence-electron chi connectivity index (χ3n) is 8.56. The number of aliphatic hydroxyl groups excluding tert-OH is 1. The summed E-state index contributed by atoms with van der Waals surface area (Å²) in [5.41, 5.74) is 3.22. The number of carbonyl (C=O) groups excluding carboxylic acids is 1. The second-order valence-electron chi connectivity index (χ2n) is 10.5. The van der Waals surface area contributed by atoms with Gasteiger partial charge in [-0.2, -0.15) is 0 Å². The summed E-state index contributed by atoms with van der Waals surface area (Å²) in [6, 6.07) is 5.88. The molecule has 8 heteroatoms. The molecule has 35 heavy (non-hydrogen) atoms. The first-order valence-corrected chi connectivity index (χ1v) is 13.7. The molecule has 1 amide bonds. The van der Waals surface area contributed by atoms with E-state index in [-0.39, 0.29) is 29.9 Å². The number of methoxy groups -OCH3 is 1. The first-order valence-electron chi connectivity index (χ1n) is 12.8. The summed E-state index contributed by atoms with van der Waals surface area (Å²) in [6.07, 6.45) is 8.04. The van der Waals surface area contributed by atoms with E-state index in [1.807, 2.05) is 28.6 Å². The van der Waals surface area contributed by atoms with Crippen LogP contribution in [0.5, 0.6) is 5.75 Å². The van der Waals surface area contributed by atoms with Crippen molar-refractivity contribution in [1.29, 1.82) is 0 Å². The molecule has 2 aliphatic heterocycles. The van der Waals surface area contributed by atoms with Gasteiger partial charge in [0.25, 0.3) is 0 Å². The Labute approximate surface area is 210 Å². The van der Waals surface area contributed by atoms with Gasteiger partial charge in [0.1, 0.15) is 10.8 Å². The van der Waals surface area contributed by atoms with Crippen molar-refractivity contribution in [3.8, 4) is 5.75 Å². The lowest BCUT2D eigenvalue weighted by atomic mass is 9.68. The molecule has 186 valence electrons. The van der Waals surface area contributed by atoms with Gasteiger partial charge in [0.2, 0.25) is 5.91 Å². The number of likely N-dealkylation sites (tertiary alicyclic amines) is 1. The van der Waals surface area contributed by atoms with Crippen LogP contribution in [0.4, 0.5) is 0 Å². The van der Waals surface area contributed by atoms with Crippen LogP contribution in [0.15, 0.2) is 29.8 Å².